The second-order valence-corrected chi connectivity index (χ2v) is 4.41. The molecule has 0 fully saturated rings. The Balaban J connectivity index is 2.37. The molecule has 0 aliphatic rings. The molecule has 0 bridgehead atoms. The van der Waals surface area contributed by atoms with Crippen LogP contribution in [-0.4, -0.2) is 17.9 Å². The van der Waals surface area contributed by atoms with Crippen LogP contribution in [0.3, 0.4) is 0 Å². The van der Waals surface area contributed by atoms with E-state index in [9.17, 15) is 0 Å². The predicted molar refractivity (Wildman–Crippen MR) is 66.1 cm³/mol. The minimum Gasteiger partial charge on any atom is -0.362 e. The molecule has 0 aliphatic heterocycles. The standard InChI is InChI=1S/C9H13N3S2/c1-3-10-9(13)12-11-6-8-5-4-7(2)14-8/h4-6H,3H2,1-2H3,(H2,10,12,13)/b11-6-. The molecule has 0 radical (unpaired) electrons. The fourth-order valence-electron chi connectivity index (χ4n) is 0.877. The molecule has 0 aliphatic carbocycles. The third kappa shape index (κ3) is 3.85. The van der Waals surface area contributed by atoms with Crippen LogP contribution >= 0.6 is 23.6 Å². The van der Waals surface area contributed by atoms with Crippen LogP contribution in [0.4, 0.5) is 0 Å². The summed E-state index contributed by atoms with van der Waals surface area (Å²) in [7, 11) is 0. The molecule has 0 spiro atoms. The molecule has 3 nitrogen and oxygen atoms in total. The summed E-state index contributed by atoms with van der Waals surface area (Å²) >= 11 is 6.64. The lowest BCUT2D eigenvalue weighted by Crippen LogP contribution is -2.31. The SMILES string of the molecule is CCNC(=S)N/N=C\c1ccc(C)s1. The van der Waals surface area contributed by atoms with E-state index in [0.717, 1.165) is 11.4 Å². The van der Waals surface area contributed by atoms with Gasteiger partial charge >= 0.3 is 0 Å². The topological polar surface area (TPSA) is 36.4 Å². The molecule has 14 heavy (non-hydrogen) atoms. The molecule has 1 rings (SSSR count). The Bertz CT molecular complexity index is 331. The predicted octanol–water partition coefficient (Wildman–Crippen LogP) is 1.87. The third-order valence-electron chi connectivity index (χ3n) is 1.46. The summed E-state index contributed by atoms with van der Waals surface area (Å²) in [5.74, 6) is 0. The lowest BCUT2D eigenvalue weighted by molar-refractivity contribution is 0.904. The third-order valence-corrected chi connectivity index (χ3v) is 2.63. The van der Waals surface area contributed by atoms with Crippen molar-refractivity contribution in [3.05, 3.63) is 21.9 Å². The Morgan fingerprint density at radius 2 is 2.43 bits per heavy atom. The van der Waals surface area contributed by atoms with Crippen molar-refractivity contribution in [2.24, 2.45) is 5.10 Å². The smallest absolute Gasteiger partial charge is 0.186 e. The van der Waals surface area contributed by atoms with Gasteiger partial charge in [-0.15, -0.1) is 11.3 Å². The molecule has 2 N–H and O–H groups in total. The molecule has 1 heterocycles. The van der Waals surface area contributed by atoms with E-state index >= 15 is 0 Å². The van der Waals surface area contributed by atoms with E-state index in [1.165, 1.54) is 4.88 Å². The summed E-state index contributed by atoms with van der Waals surface area (Å²) in [5.41, 5.74) is 2.74. The highest BCUT2D eigenvalue weighted by atomic mass is 32.1. The molecule has 5 heteroatoms. The van der Waals surface area contributed by atoms with Crippen molar-refractivity contribution >= 4 is 34.9 Å². The van der Waals surface area contributed by atoms with Gasteiger partial charge in [0.15, 0.2) is 5.11 Å². The minimum atomic E-state index is 0.553. The van der Waals surface area contributed by atoms with Crippen LogP contribution < -0.4 is 10.7 Å². The van der Waals surface area contributed by atoms with E-state index in [1.54, 1.807) is 17.6 Å². The van der Waals surface area contributed by atoms with Crippen LogP contribution in [0.15, 0.2) is 17.2 Å². The first-order chi connectivity index (χ1) is 6.72. The van der Waals surface area contributed by atoms with Gasteiger partial charge in [-0.3, -0.25) is 5.43 Å². The van der Waals surface area contributed by atoms with E-state index in [4.69, 9.17) is 12.2 Å². The van der Waals surface area contributed by atoms with Crippen molar-refractivity contribution in [2.45, 2.75) is 13.8 Å². The zero-order chi connectivity index (χ0) is 10.4. The maximum atomic E-state index is 4.94. The van der Waals surface area contributed by atoms with Crippen LogP contribution in [-0.2, 0) is 0 Å². The minimum absolute atomic E-state index is 0.553. The Morgan fingerprint density at radius 3 is 3.00 bits per heavy atom. The average Bonchev–Trinajstić information content (AvgIpc) is 2.52. The van der Waals surface area contributed by atoms with Crippen molar-refractivity contribution in [3.8, 4) is 0 Å². The maximum absolute atomic E-state index is 4.94. The first kappa shape index (κ1) is 11.1. The van der Waals surface area contributed by atoms with Crippen LogP contribution in [0.2, 0.25) is 0 Å². The zero-order valence-corrected chi connectivity index (χ0v) is 9.84. The van der Waals surface area contributed by atoms with Crippen molar-refractivity contribution in [1.29, 1.82) is 0 Å². The first-order valence-corrected chi connectivity index (χ1v) is 5.58. The second kappa shape index (κ2) is 5.72. The number of thiophene rings is 1. The number of hydrogen-bond acceptors (Lipinski definition) is 3. The largest absolute Gasteiger partial charge is 0.362 e. The van der Waals surface area contributed by atoms with Gasteiger partial charge in [0, 0.05) is 16.3 Å². The molecular weight excluding hydrogens is 214 g/mol. The summed E-state index contributed by atoms with van der Waals surface area (Å²) in [6.07, 6.45) is 1.77. The van der Waals surface area contributed by atoms with E-state index in [1.807, 2.05) is 13.0 Å². The molecule has 1 aromatic rings. The number of hydrogen-bond donors (Lipinski definition) is 2. The number of hydrazone groups is 1. The first-order valence-electron chi connectivity index (χ1n) is 4.35. The molecule has 0 unspecified atom stereocenters. The Kier molecular flexibility index (Phi) is 4.55. The van der Waals surface area contributed by atoms with Crippen molar-refractivity contribution in [1.82, 2.24) is 10.7 Å². The van der Waals surface area contributed by atoms with Gasteiger partial charge in [0.2, 0.25) is 0 Å². The Labute approximate surface area is 93.2 Å². The number of nitrogens with one attached hydrogen (secondary N) is 2. The lowest BCUT2D eigenvalue weighted by atomic mass is 10.4. The van der Waals surface area contributed by atoms with Gasteiger partial charge in [-0.2, -0.15) is 5.10 Å². The molecule has 0 aromatic carbocycles. The highest BCUT2D eigenvalue weighted by molar-refractivity contribution is 7.80. The molecule has 0 saturated carbocycles. The van der Waals surface area contributed by atoms with E-state index in [0.29, 0.717) is 5.11 Å². The fraction of sp³-hybridized carbons (Fsp3) is 0.333. The number of aryl methyl sites for hydroxylation is 1. The molecule has 76 valence electrons. The van der Waals surface area contributed by atoms with Crippen LogP contribution in [0.25, 0.3) is 0 Å². The quantitative estimate of drug-likeness (QED) is 0.470. The Hall–Kier alpha value is -0.940. The van der Waals surface area contributed by atoms with Gasteiger partial charge in [-0.25, -0.2) is 0 Å². The van der Waals surface area contributed by atoms with Gasteiger partial charge in [-0.05, 0) is 38.2 Å². The van der Waals surface area contributed by atoms with Crippen LogP contribution in [0.5, 0.6) is 0 Å². The fourth-order valence-corrected chi connectivity index (χ4v) is 1.82. The van der Waals surface area contributed by atoms with E-state index in [2.05, 4.69) is 28.8 Å². The molecule has 0 amide bonds. The van der Waals surface area contributed by atoms with E-state index < -0.39 is 0 Å². The number of thiocarbonyl (C=S) groups is 1. The molecule has 1 aromatic heterocycles. The average molecular weight is 227 g/mol. The van der Waals surface area contributed by atoms with Gasteiger partial charge in [-0.1, -0.05) is 0 Å². The summed E-state index contributed by atoms with van der Waals surface area (Å²) < 4.78 is 0. The molecule has 0 atom stereocenters. The second-order valence-electron chi connectivity index (χ2n) is 2.68. The summed E-state index contributed by atoms with van der Waals surface area (Å²) in [4.78, 5) is 2.40. The van der Waals surface area contributed by atoms with Crippen molar-refractivity contribution in [2.75, 3.05) is 6.54 Å². The highest BCUT2D eigenvalue weighted by Gasteiger charge is 1.92. The van der Waals surface area contributed by atoms with Crippen molar-refractivity contribution in [3.63, 3.8) is 0 Å². The highest BCUT2D eigenvalue weighted by Crippen LogP contribution is 2.11. The van der Waals surface area contributed by atoms with Crippen molar-refractivity contribution < 1.29 is 0 Å². The maximum Gasteiger partial charge on any atom is 0.186 e. The van der Waals surface area contributed by atoms with Crippen LogP contribution in [0, 0.1) is 6.92 Å². The van der Waals surface area contributed by atoms with Gasteiger partial charge in [0.05, 0.1) is 6.21 Å². The number of rotatable bonds is 3. The molecule has 0 saturated heterocycles. The normalized spacial score (nSPS) is 10.4. The molecular formula is C9H13N3S2. The summed E-state index contributed by atoms with van der Waals surface area (Å²) in [5, 5.41) is 7.50. The monoisotopic (exact) mass is 227 g/mol. The number of nitrogens with zero attached hydrogens (tertiary/aromatic N) is 1. The summed E-state index contributed by atoms with van der Waals surface area (Å²) in [6.45, 7) is 4.86. The van der Waals surface area contributed by atoms with E-state index in [-0.39, 0.29) is 0 Å². The Morgan fingerprint density at radius 1 is 1.64 bits per heavy atom. The lowest BCUT2D eigenvalue weighted by Gasteiger charge is -2.01. The summed E-state index contributed by atoms with van der Waals surface area (Å²) in [6, 6.07) is 4.09. The van der Waals surface area contributed by atoms with Crippen LogP contribution in [0.1, 0.15) is 16.7 Å². The zero-order valence-electron chi connectivity index (χ0n) is 8.20. The van der Waals surface area contributed by atoms with Gasteiger partial charge < -0.3 is 5.32 Å². The van der Waals surface area contributed by atoms with Gasteiger partial charge in [0.1, 0.15) is 0 Å². The van der Waals surface area contributed by atoms with Gasteiger partial charge in [0.25, 0.3) is 0 Å².